The second kappa shape index (κ2) is 7.67. The molecule has 0 spiro atoms. The minimum Gasteiger partial charge on any atom is -0.490 e. The van der Waals surface area contributed by atoms with Crippen molar-refractivity contribution in [2.24, 2.45) is 0 Å². The van der Waals surface area contributed by atoms with Crippen molar-refractivity contribution in [2.75, 3.05) is 13.2 Å². The topological polar surface area (TPSA) is 64.6 Å². The zero-order valence-corrected chi connectivity index (χ0v) is 13.1. The van der Waals surface area contributed by atoms with Crippen molar-refractivity contribution in [3.05, 3.63) is 23.8 Å². The Bertz CT molecular complexity index is 497. The van der Waals surface area contributed by atoms with E-state index in [1.165, 1.54) is 0 Å². The van der Waals surface area contributed by atoms with E-state index in [9.17, 15) is 9.59 Å². The molecule has 0 bridgehead atoms. The Kier molecular flexibility index (Phi) is 6.21. The van der Waals surface area contributed by atoms with Gasteiger partial charge in [0.2, 0.25) is 0 Å². The van der Waals surface area contributed by atoms with Gasteiger partial charge in [0.1, 0.15) is 6.29 Å². The first-order chi connectivity index (χ1) is 9.91. The lowest BCUT2D eigenvalue weighted by Crippen LogP contribution is -2.44. The highest BCUT2D eigenvalue weighted by Gasteiger charge is 2.18. The van der Waals surface area contributed by atoms with E-state index in [4.69, 9.17) is 9.47 Å². The molecule has 0 atom stereocenters. The van der Waals surface area contributed by atoms with Crippen LogP contribution in [0, 0.1) is 0 Å². The number of hydrogen-bond acceptors (Lipinski definition) is 4. The highest BCUT2D eigenvalue weighted by molar-refractivity contribution is 5.79. The maximum atomic E-state index is 11.9. The van der Waals surface area contributed by atoms with Crippen molar-refractivity contribution in [1.29, 1.82) is 0 Å². The van der Waals surface area contributed by atoms with Gasteiger partial charge in [-0.1, -0.05) is 6.92 Å². The van der Waals surface area contributed by atoms with E-state index in [-0.39, 0.29) is 18.1 Å². The molecule has 0 aliphatic heterocycles. The Morgan fingerprint density at radius 3 is 2.52 bits per heavy atom. The second-order valence-electron chi connectivity index (χ2n) is 5.33. The van der Waals surface area contributed by atoms with Gasteiger partial charge in [-0.25, -0.2) is 0 Å². The van der Waals surface area contributed by atoms with Crippen molar-refractivity contribution >= 4 is 12.2 Å². The molecule has 0 aromatic heterocycles. The maximum Gasteiger partial charge on any atom is 0.258 e. The minimum atomic E-state index is -0.259. The van der Waals surface area contributed by atoms with E-state index in [0.717, 1.165) is 12.7 Å². The lowest BCUT2D eigenvalue weighted by atomic mass is 10.0. The predicted octanol–water partition coefficient (Wildman–Crippen LogP) is 2.58. The normalized spacial score (nSPS) is 10.9. The van der Waals surface area contributed by atoms with Crippen LogP contribution in [0.15, 0.2) is 18.2 Å². The monoisotopic (exact) mass is 293 g/mol. The van der Waals surface area contributed by atoms with Gasteiger partial charge in [0.05, 0.1) is 6.61 Å². The first kappa shape index (κ1) is 17.0. The molecule has 1 N–H and O–H groups in total. The molecule has 0 unspecified atom stereocenters. The van der Waals surface area contributed by atoms with Crippen LogP contribution in [0.25, 0.3) is 0 Å². The lowest BCUT2D eigenvalue weighted by molar-refractivity contribution is -0.124. The fraction of sp³-hybridized carbons (Fsp3) is 0.500. The minimum absolute atomic E-state index is 0.0933. The number of ether oxygens (including phenoxy) is 2. The number of rotatable bonds is 8. The fourth-order valence-electron chi connectivity index (χ4n) is 1.63. The molecule has 5 heteroatoms. The largest absolute Gasteiger partial charge is 0.490 e. The number of aldehydes is 1. The molecule has 1 aromatic carbocycles. The molecular weight excluding hydrogens is 270 g/mol. The molecule has 0 fully saturated rings. The van der Waals surface area contributed by atoms with Crippen molar-refractivity contribution in [3.63, 3.8) is 0 Å². The fourth-order valence-corrected chi connectivity index (χ4v) is 1.63. The van der Waals surface area contributed by atoms with E-state index in [1.54, 1.807) is 18.2 Å². The molecule has 116 valence electrons. The van der Waals surface area contributed by atoms with E-state index >= 15 is 0 Å². The molecule has 5 nitrogen and oxygen atoms in total. The van der Waals surface area contributed by atoms with E-state index in [2.05, 4.69) is 5.32 Å². The van der Waals surface area contributed by atoms with Crippen LogP contribution in [0.1, 0.15) is 44.5 Å². The van der Waals surface area contributed by atoms with Crippen molar-refractivity contribution in [3.8, 4) is 11.5 Å². The lowest BCUT2D eigenvalue weighted by Gasteiger charge is -2.24. The first-order valence-electron chi connectivity index (χ1n) is 7.07. The zero-order valence-electron chi connectivity index (χ0n) is 13.1. The van der Waals surface area contributed by atoms with Crippen LogP contribution in [0.2, 0.25) is 0 Å². The SMILES string of the molecule is CCOc1cc(C=O)ccc1OCC(=O)NC(C)(C)CC. The summed E-state index contributed by atoms with van der Waals surface area (Å²) in [4.78, 5) is 22.6. The van der Waals surface area contributed by atoms with Crippen LogP contribution in [0.4, 0.5) is 0 Å². The standard InChI is InChI=1S/C16H23NO4/c1-5-16(3,4)17-15(19)11-21-13-8-7-12(10-18)9-14(13)20-6-2/h7-10H,5-6,11H2,1-4H3,(H,17,19). The number of carbonyl (C=O) groups excluding carboxylic acids is 2. The molecule has 1 rings (SSSR count). The summed E-state index contributed by atoms with van der Waals surface area (Å²) in [5.41, 5.74) is 0.243. The highest BCUT2D eigenvalue weighted by Crippen LogP contribution is 2.28. The molecule has 0 saturated heterocycles. The van der Waals surface area contributed by atoms with Gasteiger partial charge in [-0.05, 0) is 45.4 Å². The third-order valence-electron chi connectivity index (χ3n) is 3.12. The van der Waals surface area contributed by atoms with Gasteiger partial charge >= 0.3 is 0 Å². The molecule has 1 amide bonds. The molecule has 0 heterocycles. The van der Waals surface area contributed by atoms with Crippen LogP contribution >= 0.6 is 0 Å². The summed E-state index contributed by atoms with van der Waals surface area (Å²) >= 11 is 0. The Morgan fingerprint density at radius 1 is 1.24 bits per heavy atom. The molecule has 0 radical (unpaired) electrons. The maximum absolute atomic E-state index is 11.9. The van der Waals surface area contributed by atoms with E-state index in [0.29, 0.717) is 23.7 Å². The summed E-state index contributed by atoms with van der Waals surface area (Å²) in [6.45, 7) is 8.11. The van der Waals surface area contributed by atoms with Crippen LogP contribution in [-0.4, -0.2) is 30.9 Å². The summed E-state index contributed by atoms with van der Waals surface area (Å²) in [7, 11) is 0. The summed E-state index contributed by atoms with van der Waals surface area (Å²) in [5.74, 6) is 0.723. The summed E-state index contributed by atoms with van der Waals surface area (Å²) in [6.07, 6.45) is 1.57. The molecule has 21 heavy (non-hydrogen) atoms. The number of hydrogen-bond donors (Lipinski definition) is 1. The van der Waals surface area contributed by atoms with E-state index < -0.39 is 0 Å². The van der Waals surface area contributed by atoms with Crippen LogP contribution in [-0.2, 0) is 4.79 Å². The predicted molar refractivity (Wildman–Crippen MR) is 81.0 cm³/mol. The molecule has 0 saturated carbocycles. The third kappa shape index (κ3) is 5.45. The van der Waals surface area contributed by atoms with Gasteiger partial charge in [0.15, 0.2) is 18.1 Å². The summed E-state index contributed by atoms with van der Waals surface area (Å²) < 4.78 is 10.9. The summed E-state index contributed by atoms with van der Waals surface area (Å²) in [5, 5.41) is 2.89. The van der Waals surface area contributed by atoms with Crippen LogP contribution < -0.4 is 14.8 Å². The van der Waals surface area contributed by atoms with Gasteiger partial charge in [0.25, 0.3) is 5.91 Å². The average Bonchev–Trinajstić information content (AvgIpc) is 2.45. The van der Waals surface area contributed by atoms with Crippen molar-refractivity contribution in [1.82, 2.24) is 5.32 Å². The Balaban J connectivity index is 2.70. The number of benzene rings is 1. The molecular formula is C16H23NO4. The average molecular weight is 293 g/mol. The van der Waals surface area contributed by atoms with Crippen LogP contribution in [0.3, 0.4) is 0 Å². The van der Waals surface area contributed by atoms with Gasteiger partial charge < -0.3 is 14.8 Å². The smallest absolute Gasteiger partial charge is 0.258 e. The highest BCUT2D eigenvalue weighted by atomic mass is 16.5. The Labute approximate surface area is 125 Å². The first-order valence-corrected chi connectivity index (χ1v) is 7.07. The quantitative estimate of drug-likeness (QED) is 0.748. The van der Waals surface area contributed by atoms with Gasteiger partial charge in [-0.3, -0.25) is 9.59 Å². The molecule has 1 aromatic rings. The van der Waals surface area contributed by atoms with Gasteiger partial charge in [0, 0.05) is 11.1 Å². The number of amides is 1. The Hall–Kier alpha value is -2.04. The van der Waals surface area contributed by atoms with E-state index in [1.807, 2.05) is 27.7 Å². The van der Waals surface area contributed by atoms with Gasteiger partial charge in [-0.15, -0.1) is 0 Å². The third-order valence-corrected chi connectivity index (χ3v) is 3.12. The molecule has 0 aliphatic rings. The number of carbonyl (C=O) groups is 2. The van der Waals surface area contributed by atoms with Crippen molar-refractivity contribution in [2.45, 2.75) is 39.7 Å². The van der Waals surface area contributed by atoms with Crippen molar-refractivity contribution < 1.29 is 19.1 Å². The van der Waals surface area contributed by atoms with Gasteiger partial charge in [-0.2, -0.15) is 0 Å². The number of nitrogens with one attached hydrogen (secondary N) is 1. The second-order valence-corrected chi connectivity index (χ2v) is 5.33. The zero-order chi connectivity index (χ0) is 15.9. The Morgan fingerprint density at radius 2 is 1.95 bits per heavy atom. The van der Waals surface area contributed by atoms with Crippen LogP contribution in [0.5, 0.6) is 11.5 Å². The molecule has 0 aliphatic carbocycles. The summed E-state index contributed by atoms with van der Waals surface area (Å²) in [6, 6.07) is 4.85.